The van der Waals surface area contributed by atoms with Gasteiger partial charge in [0.05, 0.1) is 18.3 Å². The molecule has 158 valence electrons. The minimum Gasteiger partial charge on any atom is -0.439 e. The number of aromatic nitrogens is 3. The fourth-order valence-corrected chi connectivity index (χ4v) is 3.90. The number of fused-ring (bicyclic) bond motifs is 1. The van der Waals surface area contributed by atoms with E-state index in [2.05, 4.69) is 15.0 Å². The van der Waals surface area contributed by atoms with Crippen molar-refractivity contribution < 1.29 is 18.0 Å². The summed E-state index contributed by atoms with van der Waals surface area (Å²) in [5, 5.41) is 0.875. The number of ketones is 1. The van der Waals surface area contributed by atoms with Crippen LogP contribution in [0.15, 0.2) is 35.0 Å². The standard InChI is InChI=1S/C22H24F2N4O2/c1-14-25-12-21(30-14)18-4-3-16-11-26-17(9-19(16)27-18)10-20(29)15-5-7-28(8-6-15)13-22(2,23)24/h3-4,9,11-12,15H,5-8,10,13H2,1-2H3. The summed E-state index contributed by atoms with van der Waals surface area (Å²) in [6.07, 6.45) is 4.78. The number of nitrogens with zero attached hydrogens (tertiary/aromatic N) is 4. The molecule has 0 spiro atoms. The lowest BCUT2D eigenvalue weighted by molar-refractivity contribution is -0.124. The van der Waals surface area contributed by atoms with Crippen molar-refractivity contribution in [1.29, 1.82) is 0 Å². The third-order valence-electron chi connectivity index (χ3n) is 5.40. The lowest BCUT2D eigenvalue weighted by atomic mass is 9.90. The van der Waals surface area contributed by atoms with Crippen LogP contribution in [0.5, 0.6) is 0 Å². The van der Waals surface area contributed by atoms with Crippen molar-refractivity contribution in [2.45, 2.75) is 39.0 Å². The van der Waals surface area contributed by atoms with Gasteiger partial charge in [0.25, 0.3) is 5.92 Å². The van der Waals surface area contributed by atoms with Crippen LogP contribution in [-0.2, 0) is 11.2 Å². The molecule has 0 aromatic carbocycles. The highest BCUT2D eigenvalue weighted by atomic mass is 19.3. The molecule has 0 radical (unpaired) electrons. The molecule has 1 aliphatic heterocycles. The topological polar surface area (TPSA) is 72.1 Å². The van der Waals surface area contributed by atoms with Crippen LogP contribution in [0.25, 0.3) is 22.4 Å². The SMILES string of the molecule is Cc1ncc(-c2ccc3cnc(CC(=O)C4CCN(CC(C)(F)F)CC4)cc3n2)o1. The van der Waals surface area contributed by atoms with E-state index in [1.165, 1.54) is 0 Å². The summed E-state index contributed by atoms with van der Waals surface area (Å²) in [4.78, 5) is 27.6. The number of aryl methyl sites for hydroxylation is 1. The highest BCUT2D eigenvalue weighted by Crippen LogP contribution is 2.24. The summed E-state index contributed by atoms with van der Waals surface area (Å²) >= 11 is 0. The Morgan fingerprint density at radius 2 is 2.00 bits per heavy atom. The van der Waals surface area contributed by atoms with Gasteiger partial charge >= 0.3 is 0 Å². The lowest BCUT2D eigenvalue weighted by Crippen LogP contribution is -2.42. The van der Waals surface area contributed by atoms with Crippen molar-refractivity contribution in [2.75, 3.05) is 19.6 Å². The highest BCUT2D eigenvalue weighted by molar-refractivity contribution is 5.85. The second-order valence-corrected chi connectivity index (χ2v) is 8.07. The molecule has 0 amide bonds. The molecule has 1 saturated heterocycles. The monoisotopic (exact) mass is 414 g/mol. The third kappa shape index (κ3) is 4.87. The molecule has 0 aliphatic carbocycles. The van der Waals surface area contributed by atoms with Crippen molar-refractivity contribution in [3.63, 3.8) is 0 Å². The number of halogens is 2. The van der Waals surface area contributed by atoms with Gasteiger partial charge < -0.3 is 4.42 Å². The lowest BCUT2D eigenvalue weighted by Gasteiger charge is -2.32. The number of likely N-dealkylation sites (tertiary alicyclic amines) is 1. The molecule has 4 heterocycles. The van der Waals surface area contributed by atoms with Crippen LogP contribution >= 0.6 is 0 Å². The van der Waals surface area contributed by atoms with Gasteiger partial charge in [0.1, 0.15) is 11.5 Å². The van der Waals surface area contributed by atoms with E-state index >= 15 is 0 Å². The quantitative estimate of drug-likeness (QED) is 0.605. The predicted molar refractivity (Wildman–Crippen MR) is 108 cm³/mol. The number of pyridine rings is 2. The second kappa shape index (κ2) is 8.18. The van der Waals surface area contributed by atoms with Gasteiger partial charge in [-0.3, -0.25) is 14.7 Å². The minimum atomic E-state index is -2.71. The average Bonchev–Trinajstić information content (AvgIpc) is 3.13. The van der Waals surface area contributed by atoms with E-state index in [1.807, 2.05) is 18.2 Å². The van der Waals surface area contributed by atoms with Crippen LogP contribution < -0.4 is 0 Å². The Hall–Kier alpha value is -2.74. The molecule has 0 bridgehead atoms. The van der Waals surface area contributed by atoms with E-state index in [0.29, 0.717) is 49.0 Å². The summed E-state index contributed by atoms with van der Waals surface area (Å²) in [6, 6.07) is 5.59. The minimum absolute atomic E-state index is 0.103. The Kier molecular flexibility index (Phi) is 5.60. The zero-order valence-electron chi connectivity index (χ0n) is 17.1. The smallest absolute Gasteiger partial charge is 0.257 e. The van der Waals surface area contributed by atoms with Crippen LogP contribution in [-0.4, -0.2) is 51.2 Å². The first kappa shape index (κ1) is 20.5. The van der Waals surface area contributed by atoms with E-state index in [0.717, 1.165) is 17.8 Å². The zero-order chi connectivity index (χ0) is 21.3. The number of hydrogen-bond donors (Lipinski definition) is 0. The Morgan fingerprint density at radius 3 is 2.67 bits per heavy atom. The normalized spacial score (nSPS) is 16.3. The predicted octanol–water partition coefficient (Wildman–Crippen LogP) is 4.07. The molecule has 1 fully saturated rings. The molecule has 0 atom stereocenters. The molecule has 3 aromatic rings. The molecule has 0 N–H and O–H groups in total. The number of carbonyl (C=O) groups excluding carboxylic acids is 1. The summed E-state index contributed by atoms with van der Waals surface area (Å²) in [5.74, 6) is -1.55. The van der Waals surface area contributed by atoms with Gasteiger partial charge in [-0.15, -0.1) is 0 Å². The van der Waals surface area contributed by atoms with Crippen LogP contribution in [0.3, 0.4) is 0 Å². The fourth-order valence-electron chi connectivity index (χ4n) is 3.90. The Balaban J connectivity index is 1.43. The van der Waals surface area contributed by atoms with Crippen LogP contribution in [0.1, 0.15) is 31.4 Å². The van der Waals surface area contributed by atoms with E-state index < -0.39 is 5.92 Å². The van der Waals surface area contributed by atoms with Gasteiger partial charge in [0.2, 0.25) is 0 Å². The third-order valence-corrected chi connectivity index (χ3v) is 5.40. The van der Waals surface area contributed by atoms with Crippen LogP contribution in [0, 0.1) is 12.8 Å². The van der Waals surface area contributed by atoms with Gasteiger partial charge in [0.15, 0.2) is 11.7 Å². The van der Waals surface area contributed by atoms with Gasteiger partial charge in [-0.2, -0.15) is 0 Å². The maximum Gasteiger partial charge on any atom is 0.257 e. The first-order chi connectivity index (χ1) is 14.3. The first-order valence-electron chi connectivity index (χ1n) is 10.1. The van der Waals surface area contributed by atoms with Crippen molar-refractivity contribution in [1.82, 2.24) is 19.9 Å². The number of rotatable bonds is 6. The second-order valence-electron chi connectivity index (χ2n) is 8.07. The molecule has 3 aromatic heterocycles. The fraction of sp³-hybridized carbons (Fsp3) is 0.455. The van der Waals surface area contributed by atoms with Gasteiger partial charge in [-0.1, -0.05) is 0 Å². The maximum absolute atomic E-state index is 13.2. The molecular formula is C22H24F2N4O2. The maximum atomic E-state index is 13.2. The van der Waals surface area contributed by atoms with Gasteiger partial charge in [0, 0.05) is 43.5 Å². The van der Waals surface area contributed by atoms with Crippen molar-refractivity contribution in [3.05, 3.63) is 42.2 Å². The Bertz CT molecular complexity index is 1050. The highest BCUT2D eigenvalue weighted by Gasteiger charge is 2.30. The van der Waals surface area contributed by atoms with Crippen molar-refractivity contribution >= 4 is 16.7 Å². The summed E-state index contributed by atoms with van der Waals surface area (Å²) < 4.78 is 31.9. The molecule has 8 heteroatoms. The summed E-state index contributed by atoms with van der Waals surface area (Å²) in [7, 11) is 0. The van der Waals surface area contributed by atoms with Crippen LogP contribution in [0.2, 0.25) is 0 Å². The largest absolute Gasteiger partial charge is 0.439 e. The molecule has 0 saturated carbocycles. The summed E-state index contributed by atoms with van der Waals surface area (Å²) in [5.41, 5.74) is 2.07. The number of oxazole rings is 1. The van der Waals surface area contributed by atoms with Crippen molar-refractivity contribution in [3.8, 4) is 11.5 Å². The van der Waals surface area contributed by atoms with Gasteiger partial charge in [-0.05, 0) is 44.1 Å². The van der Waals surface area contributed by atoms with E-state index in [1.54, 1.807) is 24.2 Å². The number of hydrogen-bond acceptors (Lipinski definition) is 6. The van der Waals surface area contributed by atoms with E-state index in [4.69, 9.17) is 4.42 Å². The molecule has 0 unspecified atom stereocenters. The number of carbonyl (C=O) groups is 1. The van der Waals surface area contributed by atoms with E-state index in [9.17, 15) is 13.6 Å². The molecule has 1 aliphatic rings. The van der Waals surface area contributed by atoms with E-state index in [-0.39, 0.29) is 24.7 Å². The molecule has 30 heavy (non-hydrogen) atoms. The first-order valence-corrected chi connectivity index (χ1v) is 10.1. The summed E-state index contributed by atoms with van der Waals surface area (Å²) in [6.45, 7) is 3.49. The Morgan fingerprint density at radius 1 is 1.23 bits per heavy atom. The number of alkyl halides is 2. The number of piperidine rings is 1. The number of Topliss-reactive ketones (excluding diaryl/α,β-unsaturated/α-hetero) is 1. The Labute approximate surface area is 173 Å². The van der Waals surface area contributed by atoms with Crippen molar-refractivity contribution in [2.24, 2.45) is 5.92 Å². The van der Waals surface area contributed by atoms with Crippen LogP contribution in [0.4, 0.5) is 8.78 Å². The molecule has 4 rings (SSSR count). The molecular weight excluding hydrogens is 390 g/mol. The zero-order valence-corrected chi connectivity index (χ0v) is 17.1. The van der Waals surface area contributed by atoms with Gasteiger partial charge in [-0.25, -0.2) is 18.7 Å². The average molecular weight is 414 g/mol. The molecule has 6 nitrogen and oxygen atoms in total.